The summed E-state index contributed by atoms with van der Waals surface area (Å²) in [6.45, 7) is 2.23. The molecule has 4 nitrogen and oxygen atoms in total. The lowest BCUT2D eigenvalue weighted by Gasteiger charge is -2.18. The Balaban J connectivity index is 2.09. The number of hydrogen-bond acceptors (Lipinski definition) is 4. The fourth-order valence-electron chi connectivity index (χ4n) is 2.13. The lowest BCUT2D eigenvalue weighted by atomic mass is 10.1. The van der Waals surface area contributed by atoms with Gasteiger partial charge in [0.2, 0.25) is 0 Å². The van der Waals surface area contributed by atoms with Crippen LogP contribution in [-0.2, 0) is 9.53 Å². The topological polar surface area (TPSA) is 55.6 Å². The molecule has 1 fully saturated rings. The minimum Gasteiger partial charge on any atom is -0.468 e. The highest BCUT2D eigenvalue weighted by atomic mass is 16.5. The Bertz CT molecular complexity index is 383. The minimum atomic E-state index is -0.687. The molecule has 92 valence electrons. The first kappa shape index (κ1) is 11.9. The van der Waals surface area contributed by atoms with E-state index in [1.165, 1.54) is 25.6 Å². The Morgan fingerprint density at radius 1 is 1.29 bits per heavy atom. The lowest BCUT2D eigenvalue weighted by molar-refractivity contribution is -0.142. The summed E-state index contributed by atoms with van der Waals surface area (Å²) in [6, 6.07) is 7.14. The first-order chi connectivity index (χ1) is 8.22. The van der Waals surface area contributed by atoms with Gasteiger partial charge in [0.05, 0.1) is 7.11 Å². The van der Waals surface area contributed by atoms with E-state index in [9.17, 15) is 4.79 Å². The van der Waals surface area contributed by atoms with Crippen molar-refractivity contribution in [3.05, 3.63) is 29.8 Å². The van der Waals surface area contributed by atoms with E-state index in [0.29, 0.717) is 0 Å². The molecule has 1 atom stereocenters. The number of ether oxygens (including phenoxy) is 1. The van der Waals surface area contributed by atoms with Crippen molar-refractivity contribution in [3.63, 3.8) is 0 Å². The van der Waals surface area contributed by atoms with Crippen molar-refractivity contribution in [1.29, 1.82) is 0 Å². The summed E-state index contributed by atoms with van der Waals surface area (Å²) < 4.78 is 4.62. The van der Waals surface area contributed by atoms with E-state index in [4.69, 9.17) is 5.73 Å². The highest BCUT2D eigenvalue weighted by molar-refractivity contribution is 5.77. The van der Waals surface area contributed by atoms with Gasteiger partial charge >= 0.3 is 5.97 Å². The molecule has 0 aromatic heterocycles. The molecule has 1 aromatic rings. The summed E-state index contributed by atoms with van der Waals surface area (Å²) >= 11 is 0. The Kier molecular flexibility index (Phi) is 3.64. The number of nitrogens with two attached hydrogens (primary N) is 1. The molecule has 0 spiro atoms. The van der Waals surface area contributed by atoms with E-state index in [1.54, 1.807) is 0 Å². The quantitative estimate of drug-likeness (QED) is 0.804. The van der Waals surface area contributed by atoms with Crippen LogP contribution in [0.15, 0.2) is 24.3 Å². The standard InChI is InChI=1S/C13H18N2O2/c1-17-13(16)12(14)10-4-6-11(7-5-10)15-8-2-3-9-15/h4-7,12H,2-3,8-9,14H2,1H3/t12-/m1/s1. The molecule has 1 aliphatic heterocycles. The van der Waals surface area contributed by atoms with Gasteiger partial charge in [0.25, 0.3) is 0 Å². The maximum Gasteiger partial charge on any atom is 0.327 e. The highest BCUT2D eigenvalue weighted by Gasteiger charge is 2.17. The number of esters is 1. The van der Waals surface area contributed by atoms with Crippen molar-refractivity contribution in [2.75, 3.05) is 25.1 Å². The molecule has 1 heterocycles. The number of benzene rings is 1. The zero-order valence-corrected chi connectivity index (χ0v) is 10.1. The predicted octanol–water partition coefficient (Wildman–Crippen LogP) is 1.46. The third-order valence-corrected chi connectivity index (χ3v) is 3.18. The Morgan fingerprint density at radius 2 is 1.88 bits per heavy atom. The molecular formula is C13H18N2O2. The molecule has 1 aromatic carbocycles. The third kappa shape index (κ3) is 2.58. The summed E-state index contributed by atoms with van der Waals surface area (Å²) in [5.41, 5.74) is 7.75. The molecule has 0 aliphatic carbocycles. The Hall–Kier alpha value is -1.55. The van der Waals surface area contributed by atoms with Crippen LogP contribution in [0.1, 0.15) is 24.4 Å². The van der Waals surface area contributed by atoms with Crippen molar-refractivity contribution in [2.24, 2.45) is 5.73 Å². The number of nitrogens with zero attached hydrogens (tertiary/aromatic N) is 1. The van der Waals surface area contributed by atoms with Gasteiger partial charge in [-0.15, -0.1) is 0 Å². The van der Waals surface area contributed by atoms with Crippen molar-refractivity contribution in [3.8, 4) is 0 Å². The zero-order valence-electron chi connectivity index (χ0n) is 10.1. The van der Waals surface area contributed by atoms with E-state index in [1.807, 2.05) is 24.3 Å². The van der Waals surface area contributed by atoms with Crippen LogP contribution in [-0.4, -0.2) is 26.2 Å². The zero-order chi connectivity index (χ0) is 12.3. The van der Waals surface area contributed by atoms with E-state index < -0.39 is 12.0 Å². The maximum absolute atomic E-state index is 11.3. The van der Waals surface area contributed by atoms with Crippen LogP contribution >= 0.6 is 0 Å². The van der Waals surface area contributed by atoms with Crippen LogP contribution in [0.2, 0.25) is 0 Å². The lowest BCUT2D eigenvalue weighted by Crippen LogP contribution is -2.23. The number of carbonyl (C=O) groups is 1. The third-order valence-electron chi connectivity index (χ3n) is 3.18. The average molecular weight is 234 g/mol. The van der Waals surface area contributed by atoms with E-state index in [0.717, 1.165) is 18.7 Å². The van der Waals surface area contributed by atoms with Crippen LogP contribution in [0, 0.1) is 0 Å². The molecular weight excluding hydrogens is 216 g/mol. The smallest absolute Gasteiger partial charge is 0.327 e. The van der Waals surface area contributed by atoms with Crippen LogP contribution in [0.3, 0.4) is 0 Å². The number of rotatable bonds is 3. The normalized spacial score (nSPS) is 16.9. The van der Waals surface area contributed by atoms with Gasteiger partial charge < -0.3 is 15.4 Å². The van der Waals surface area contributed by atoms with Crippen LogP contribution in [0.5, 0.6) is 0 Å². The summed E-state index contributed by atoms with van der Waals surface area (Å²) in [6.07, 6.45) is 2.51. The summed E-state index contributed by atoms with van der Waals surface area (Å²) in [7, 11) is 1.35. The fourth-order valence-corrected chi connectivity index (χ4v) is 2.13. The van der Waals surface area contributed by atoms with Crippen molar-refractivity contribution in [2.45, 2.75) is 18.9 Å². The minimum absolute atomic E-state index is 0.404. The largest absolute Gasteiger partial charge is 0.468 e. The molecule has 17 heavy (non-hydrogen) atoms. The number of carbonyl (C=O) groups excluding carboxylic acids is 1. The van der Waals surface area contributed by atoms with Crippen molar-refractivity contribution < 1.29 is 9.53 Å². The second-order valence-electron chi connectivity index (χ2n) is 4.29. The van der Waals surface area contributed by atoms with Gasteiger partial charge in [-0.25, -0.2) is 0 Å². The first-order valence-electron chi connectivity index (χ1n) is 5.90. The molecule has 4 heteroatoms. The number of methoxy groups -OCH3 is 1. The van der Waals surface area contributed by atoms with E-state index in [2.05, 4.69) is 9.64 Å². The Labute approximate surface area is 101 Å². The van der Waals surface area contributed by atoms with Gasteiger partial charge in [-0.1, -0.05) is 12.1 Å². The summed E-state index contributed by atoms with van der Waals surface area (Å²) in [5, 5.41) is 0. The van der Waals surface area contributed by atoms with Crippen LogP contribution < -0.4 is 10.6 Å². The highest BCUT2D eigenvalue weighted by Crippen LogP contribution is 2.22. The Morgan fingerprint density at radius 3 is 2.41 bits per heavy atom. The van der Waals surface area contributed by atoms with E-state index in [-0.39, 0.29) is 0 Å². The molecule has 2 rings (SSSR count). The fraction of sp³-hybridized carbons (Fsp3) is 0.462. The summed E-state index contributed by atoms with van der Waals surface area (Å²) in [4.78, 5) is 13.6. The number of hydrogen-bond donors (Lipinski definition) is 1. The molecule has 0 bridgehead atoms. The maximum atomic E-state index is 11.3. The second kappa shape index (κ2) is 5.19. The van der Waals surface area contributed by atoms with Crippen molar-refractivity contribution >= 4 is 11.7 Å². The van der Waals surface area contributed by atoms with Gasteiger partial charge in [0, 0.05) is 18.8 Å². The molecule has 2 N–H and O–H groups in total. The van der Waals surface area contributed by atoms with Gasteiger partial charge in [-0.3, -0.25) is 4.79 Å². The van der Waals surface area contributed by atoms with Gasteiger partial charge in [0.1, 0.15) is 6.04 Å². The van der Waals surface area contributed by atoms with Crippen LogP contribution in [0.4, 0.5) is 5.69 Å². The molecule has 0 unspecified atom stereocenters. The number of anilines is 1. The van der Waals surface area contributed by atoms with Crippen molar-refractivity contribution in [1.82, 2.24) is 0 Å². The molecule has 0 radical (unpaired) electrons. The molecule has 1 saturated heterocycles. The van der Waals surface area contributed by atoms with Crippen LogP contribution in [0.25, 0.3) is 0 Å². The van der Waals surface area contributed by atoms with Gasteiger partial charge in [0.15, 0.2) is 0 Å². The summed E-state index contributed by atoms with van der Waals surface area (Å²) in [5.74, 6) is -0.404. The molecule has 1 aliphatic rings. The van der Waals surface area contributed by atoms with E-state index >= 15 is 0 Å². The SMILES string of the molecule is COC(=O)[C@H](N)c1ccc(N2CCCC2)cc1. The first-order valence-corrected chi connectivity index (χ1v) is 5.90. The monoisotopic (exact) mass is 234 g/mol. The molecule has 0 amide bonds. The molecule has 0 saturated carbocycles. The van der Waals surface area contributed by atoms with Gasteiger partial charge in [-0.05, 0) is 30.5 Å². The second-order valence-corrected chi connectivity index (χ2v) is 4.29. The van der Waals surface area contributed by atoms with Gasteiger partial charge in [-0.2, -0.15) is 0 Å². The predicted molar refractivity (Wildman–Crippen MR) is 66.8 cm³/mol. The average Bonchev–Trinajstić information content (AvgIpc) is 2.91.